The Bertz CT molecular complexity index is 402. The minimum Gasteiger partial charge on any atom is -0.481 e. The van der Waals surface area contributed by atoms with Gasteiger partial charge in [-0.2, -0.15) is 0 Å². The van der Waals surface area contributed by atoms with E-state index in [2.05, 4.69) is 9.97 Å². The third-order valence-electron chi connectivity index (χ3n) is 3.87. The van der Waals surface area contributed by atoms with E-state index in [0.717, 1.165) is 31.5 Å². The number of carboxylic acid groups (broad SMARTS) is 1. The molecule has 98 valence electrons. The van der Waals surface area contributed by atoms with E-state index >= 15 is 0 Å². The van der Waals surface area contributed by atoms with Gasteiger partial charge in [0.1, 0.15) is 5.82 Å². The second-order valence-corrected chi connectivity index (χ2v) is 4.98. The van der Waals surface area contributed by atoms with Crippen molar-refractivity contribution >= 4 is 11.8 Å². The van der Waals surface area contributed by atoms with Crippen molar-refractivity contribution in [1.29, 1.82) is 0 Å². The van der Waals surface area contributed by atoms with Crippen LogP contribution < -0.4 is 4.90 Å². The fourth-order valence-corrected chi connectivity index (χ4v) is 2.83. The number of carboxylic acids is 1. The van der Waals surface area contributed by atoms with E-state index < -0.39 is 5.97 Å². The fourth-order valence-electron chi connectivity index (χ4n) is 2.83. The van der Waals surface area contributed by atoms with Gasteiger partial charge >= 0.3 is 5.97 Å². The standard InChI is InChI=1S/C13H19N3O2/c1-16(11-10-14-7-8-15-11)13(9-12(17)18)5-3-2-4-6-13/h7-8,10H,2-6,9H2,1H3,(H,17,18). The molecule has 1 aliphatic carbocycles. The molecule has 5 heteroatoms. The summed E-state index contributed by atoms with van der Waals surface area (Å²) in [6.45, 7) is 0. The Morgan fingerprint density at radius 1 is 1.39 bits per heavy atom. The molecule has 0 aromatic carbocycles. The van der Waals surface area contributed by atoms with Gasteiger partial charge in [0.2, 0.25) is 0 Å². The molecule has 2 rings (SSSR count). The summed E-state index contributed by atoms with van der Waals surface area (Å²) in [6.07, 6.45) is 10.3. The zero-order chi connectivity index (χ0) is 13.0. The highest BCUT2D eigenvalue weighted by molar-refractivity contribution is 5.69. The van der Waals surface area contributed by atoms with Crippen molar-refractivity contribution in [2.24, 2.45) is 0 Å². The highest BCUT2D eigenvalue weighted by Crippen LogP contribution is 2.37. The molecule has 1 N–H and O–H groups in total. The van der Waals surface area contributed by atoms with Gasteiger partial charge in [-0.25, -0.2) is 4.98 Å². The molecule has 0 saturated heterocycles. The molecule has 1 aromatic rings. The van der Waals surface area contributed by atoms with Crippen molar-refractivity contribution in [1.82, 2.24) is 9.97 Å². The number of aromatic nitrogens is 2. The average Bonchev–Trinajstić information content (AvgIpc) is 2.39. The summed E-state index contributed by atoms with van der Waals surface area (Å²) >= 11 is 0. The van der Waals surface area contributed by atoms with Crippen molar-refractivity contribution in [3.8, 4) is 0 Å². The zero-order valence-corrected chi connectivity index (χ0v) is 10.7. The van der Waals surface area contributed by atoms with E-state index in [9.17, 15) is 4.79 Å². The van der Waals surface area contributed by atoms with Crippen molar-refractivity contribution in [2.75, 3.05) is 11.9 Å². The Morgan fingerprint density at radius 2 is 2.11 bits per heavy atom. The number of hydrogen-bond acceptors (Lipinski definition) is 4. The molecule has 1 aliphatic rings. The van der Waals surface area contributed by atoms with Crippen LogP contribution in [0.1, 0.15) is 38.5 Å². The molecule has 0 amide bonds. The summed E-state index contributed by atoms with van der Waals surface area (Å²) in [5.41, 5.74) is -0.305. The molecule has 0 bridgehead atoms. The molecule has 1 saturated carbocycles. The summed E-state index contributed by atoms with van der Waals surface area (Å²) < 4.78 is 0. The topological polar surface area (TPSA) is 66.3 Å². The van der Waals surface area contributed by atoms with Gasteiger partial charge in [-0.05, 0) is 12.8 Å². The van der Waals surface area contributed by atoms with Crippen LogP contribution in [-0.2, 0) is 4.79 Å². The monoisotopic (exact) mass is 249 g/mol. The minimum atomic E-state index is -0.743. The van der Waals surface area contributed by atoms with Gasteiger partial charge < -0.3 is 10.0 Å². The predicted octanol–water partition coefficient (Wildman–Crippen LogP) is 2.09. The largest absolute Gasteiger partial charge is 0.481 e. The molecule has 18 heavy (non-hydrogen) atoms. The van der Waals surface area contributed by atoms with Crippen LogP contribution in [0, 0.1) is 0 Å². The Morgan fingerprint density at radius 3 is 2.67 bits per heavy atom. The van der Waals surface area contributed by atoms with E-state index in [1.165, 1.54) is 6.42 Å². The van der Waals surface area contributed by atoms with E-state index in [4.69, 9.17) is 5.11 Å². The number of rotatable bonds is 4. The molecule has 1 fully saturated rings. The smallest absolute Gasteiger partial charge is 0.305 e. The lowest BCUT2D eigenvalue weighted by atomic mass is 9.78. The van der Waals surface area contributed by atoms with Crippen LogP contribution in [0.2, 0.25) is 0 Å². The predicted molar refractivity (Wildman–Crippen MR) is 68.5 cm³/mol. The van der Waals surface area contributed by atoms with Crippen LogP contribution in [0.4, 0.5) is 5.82 Å². The molecular weight excluding hydrogens is 230 g/mol. The summed E-state index contributed by atoms with van der Waals surface area (Å²) in [7, 11) is 1.93. The van der Waals surface area contributed by atoms with Gasteiger partial charge in [0.05, 0.1) is 18.2 Å². The summed E-state index contributed by atoms with van der Waals surface area (Å²) in [4.78, 5) is 21.5. The van der Waals surface area contributed by atoms with Crippen molar-refractivity contribution in [2.45, 2.75) is 44.1 Å². The van der Waals surface area contributed by atoms with E-state index in [0.29, 0.717) is 0 Å². The molecule has 5 nitrogen and oxygen atoms in total. The molecule has 0 spiro atoms. The first kappa shape index (κ1) is 12.8. The van der Waals surface area contributed by atoms with Gasteiger partial charge in [0.25, 0.3) is 0 Å². The van der Waals surface area contributed by atoms with Crippen LogP contribution in [0.15, 0.2) is 18.6 Å². The Kier molecular flexibility index (Phi) is 3.79. The van der Waals surface area contributed by atoms with Crippen LogP contribution in [-0.4, -0.2) is 33.6 Å². The van der Waals surface area contributed by atoms with Gasteiger partial charge in [0.15, 0.2) is 0 Å². The summed E-state index contributed by atoms with van der Waals surface area (Å²) in [6, 6.07) is 0. The number of aliphatic carboxylic acids is 1. The second-order valence-electron chi connectivity index (χ2n) is 4.98. The van der Waals surface area contributed by atoms with Gasteiger partial charge in [0, 0.05) is 19.4 Å². The number of carbonyl (C=O) groups is 1. The van der Waals surface area contributed by atoms with E-state index in [-0.39, 0.29) is 12.0 Å². The van der Waals surface area contributed by atoms with Crippen molar-refractivity contribution in [3.05, 3.63) is 18.6 Å². The molecule has 1 heterocycles. The molecule has 0 atom stereocenters. The second kappa shape index (κ2) is 5.33. The molecule has 0 aliphatic heterocycles. The first-order chi connectivity index (χ1) is 8.64. The highest BCUT2D eigenvalue weighted by atomic mass is 16.4. The molecule has 0 radical (unpaired) electrons. The summed E-state index contributed by atoms with van der Waals surface area (Å²) in [5.74, 6) is 0.00768. The Hall–Kier alpha value is -1.65. The lowest BCUT2D eigenvalue weighted by Crippen LogP contribution is -2.50. The third-order valence-corrected chi connectivity index (χ3v) is 3.87. The molecule has 0 unspecified atom stereocenters. The van der Waals surface area contributed by atoms with Gasteiger partial charge in [-0.3, -0.25) is 9.78 Å². The Balaban J connectivity index is 2.25. The maximum atomic E-state index is 11.1. The SMILES string of the molecule is CN(c1cnccn1)C1(CC(=O)O)CCCCC1. The fraction of sp³-hybridized carbons (Fsp3) is 0.615. The zero-order valence-electron chi connectivity index (χ0n) is 10.7. The number of anilines is 1. The minimum absolute atomic E-state index is 0.167. The number of nitrogens with zero attached hydrogens (tertiary/aromatic N) is 3. The third kappa shape index (κ3) is 2.60. The molecule has 1 aromatic heterocycles. The van der Waals surface area contributed by atoms with Crippen molar-refractivity contribution < 1.29 is 9.90 Å². The van der Waals surface area contributed by atoms with E-state index in [1.807, 2.05) is 11.9 Å². The van der Waals surface area contributed by atoms with Crippen molar-refractivity contribution in [3.63, 3.8) is 0 Å². The normalized spacial score (nSPS) is 18.3. The lowest BCUT2D eigenvalue weighted by molar-refractivity contribution is -0.138. The maximum Gasteiger partial charge on any atom is 0.305 e. The lowest BCUT2D eigenvalue weighted by Gasteiger charge is -2.44. The molecular formula is C13H19N3O2. The van der Waals surface area contributed by atoms with Crippen LogP contribution in [0.5, 0.6) is 0 Å². The first-order valence-corrected chi connectivity index (χ1v) is 6.36. The van der Waals surface area contributed by atoms with Crippen LogP contribution >= 0.6 is 0 Å². The average molecular weight is 249 g/mol. The summed E-state index contributed by atoms with van der Waals surface area (Å²) in [5, 5.41) is 9.16. The van der Waals surface area contributed by atoms with Crippen LogP contribution in [0.3, 0.4) is 0 Å². The van der Waals surface area contributed by atoms with Gasteiger partial charge in [-0.15, -0.1) is 0 Å². The number of hydrogen-bond donors (Lipinski definition) is 1. The highest BCUT2D eigenvalue weighted by Gasteiger charge is 2.38. The Labute approximate surface area is 107 Å². The van der Waals surface area contributed by atoms with Gasteiger partial charge in [-0.1, -0.05) is 19.3 Å². The first-order valence-electron chi connectivity index (χ1n) is 6.36. The van der Waals surface area contributed by atoms with Crippen LogP contribution in [0.25, 0.3) is 0 Å². The quantitative estimate of drug-likeness (QED) is 0.885. The van der Waals surface area contributed by atoms with E-state index in [1.54, 1.807) is 18.6 Å². The maximum absolute atomic E-state index is 11.1.